The summed E-state index contributed by atoms with van der Waals surface area (Å²) < 4.78 is 23.4. The number of nitrogens with zero attached hydrogens (tertiary/aromatic N) is 1. The molecule has 2 heterocycles. The van der Waals surface area contributed by atoms with E-state index in [0.29, 0.717) is 5.56 Å². The van der Waals surface area contributed by atoms with Crippen LogP contribution in [0.1, 0.15) is 49.8 Å². The van der Waals surface area contributed by atoms with Gasteiger partial charge in [-0.25, -0.2) is 19.4 Å². The molecular weight excluding hydrogens is 548 g/mol. The molecule has 1 amide bonds. The quantitative estimate of drug-likeness (QED) is 0.233. The van der Waals surface area contributed by atoms with E-state index in [0.717, 1.165) is 11.3 Å². The Morgan fingerprint density at radius 2 is 1.29 bits per heavy atom. The van der Waals surface area contributed by atoms with Crippen molar-refractivity contribution in [3.8, 4) is 5.06 Å². The number of amides is 1. The third kappa shape index (κ3) is 6.59. The second-order valence-electron chi connectivity index (χ2n) is 8.92. The standard InChI is InChI=1S/C30H24N2O8S/c1-18(33)31-30-32-23-25(40-28(36)21-15-9-4-10-16-21)24(39-27(35)20-13-7-3-8-14-20)22(38-29(23)41-30)17-37-26(34)19-11-5-2-6-12-19/h2-16,22,24-25H,17H2,1H3,(H,31,32,33)/t22-,24-,25-/m1/s1. The van der Waals surface area contributed by atoms with Crippen LogP contribution in [0.25, 0.3) is 0 Å². The smallest absolute Gasteiger partial charge is 0.338 e. The van der Waals surface area contributed by atoms with Gasteiger partial charge in [0, 0.05) is 6.92 Å². The minimum Gasteiger partial charge on any atom is -0.471 e. The van der Waals surface area contributed by atoms with Crippen LogP contribution < -0.4 is 10.1 Å². The maximum atomic E-state index is 13.2. The number of carbonyl (C=O) groups excluding carboxylic acids is 4. The predicted octanol–water partition coefficient (Wildman–Crippen LogP) is 4.84. The van der Waals surface area contributed by atoms with E-state index >= 15 is 0 Å². The van der Waals surface area contributed by atoms with Crippen molar-refractivity contribution in [1.82, 2.24) is 4.98 Å². The van der Waals surface area contributed by atoms with Gasteiger partial charge in [0.2, 0.25) is 11.0 Å². The van der Waals surface area contributed by atoms with Gasteiger partial charge in [-0.1, -0.05) is 65.9 Å². The van der Waals surface area contributed by atoms with E-state index in [1.165, 1.54) is 6.92 Å². The van der Waals surface area contributed by atoms with Gasteiger partial charge in [-0.05, 0) is 36.4 Å². The summed E-state index contributed by atoms with van der Waals surface area (Å²) in [5.74, 6) is -2.39. The van der Waals surface area contributed by atoms with Crippen LogP contribution in [0.3, 0.4) is 0 Å². The molecule has 0 spiro atoms. The minimum absolute atomic E-state index is 0.152. The Morgan fingerprint density at radius 3 is 1.83 bits per heavy atom. The van der Waals surface area contributed by atoms with E-state index in [1.54, 1.807) is 91.0 Å². The fourth-order valence-corrected chi connectivity index (χ4v) is 5.02. The number of anilines is 1. The van der Waals surface area contributed by atoms with E-state index < -0.39 is 36.2 Å². The molecule has 0 bridgehead atoms. The van der Waals surface area contributed by atoms with Crippen LogP contribution in [-0.2, 0) is 19.0 Å². The zero-order valence-corrected chi connectivity index (χ0v) is 22.5. The highest BCUT2D eigenvalue weighted by molar-refractivity contribution is 7.17. The second-order valence-corrected chi connectivity index (χ2v) is 9.88. The Morgan fingerprint density at radius 1 is 0.780 bits per heavy atom. The summed E-state index contributed by atoms with van der Waals surface area (Å²) in [5.41, 5.74) is 0.987. The van der Waals surface area contributed by atoms with Gasteiger partial charge in [-0.2, -0.15) is 0 Å². The van der Waals surface area contributed by atoms with E-state index in [1.807, 2.05) is 0 Å². The number of aromatic nitrogens is 1. The van der Waals surface area contributed by atoms with Gasteiger partial charge in [0.1, 0.15) is 12.3 Å². The summed E-state index contributed by atoms with van der Waals surface area (Å²) in [6.07, 6.45) is -3.60. The molecule has 0 saturated carbocycles. The molecule has 4 aromatic rings. The van der Waals surface area contributed by atoms with Crippen LogP contribution in [0.5, 0.6) is 5.06 Å². The number of carbonyl (C=O) groups is 4. The molecule has 3 aromatic carbocycles. The number of hydrogen-bond donors (Lipinski definition) is 1. The third-order valence-corrected chi connectivity index (χ3v) is 6.86. The first kappa shape index (κ1) is 27.5. The molecule has 0 unspecified atom stereocenters. The molecule has 1 aliphatic heterocycles. The Labute approximate surface area is 238 Å². The van der Waals surface area contributed by atoms with Crippen molar-refractivity contribution in [1.29, 1.82) is 0 Å². The molecule has 3 atom stereocenters. The summed E-state index contributed by atoms with van der Waals surface area (Å²) in [6.45, 7) is 0.983. The lowest BCUT2D eigenvalue weighted by Crippen LogP contribution is -2.47. The summed E-state index contributed by atoms with van der Waals surface area (Å²) >= 11 is 1.00. The normalized spacial score (nSPS) is 17.3. The molecule has 41 heavy (non-hydrogen) atoms. The lowest BCUT2D eigenvalue weighted by molar-refractivity contribution is -0.114. The van der Waals surface area contributed by atoms with E-state index in [2.05, 4.69) is 10.3 Å². The van der Waals surface area contributed by atoms with Gasteiger partial charge in [0.15, 0.2) is 23.4 Å². The van der Waals surface area contributed by atoms with Crippen molar-refractivity contribution in [2.75, 3.05) is 11.9 Å². The minimum atomic E-state index is -1.27. The first-order valence-electron chi connectivity index (χ1n) is 12.6. The van der Waals surface area contributed by atoms with Gasteiger partial charge in [0.05, 0.1) is 16.7 Å². The predicted molar refractivity (Wildman–Crippen MR) is 148 cm³/mol. The lowest BCUT2D eigenvalue weighted by atomic mass is 10.0. The highest BCUT2D eigenvalue weighted by atomic mass is 32.1. The topological polar surface area (TPSA) is 130 Å². The molecule has 1 N–H and O–H groups in total. The average Bonchev–Trinajstić information content (AvgIpc) is 3.39. The number of ether oxygens (including phenoxy) is 4. The van der Waals surface area contributed by atoms with Crippen molar-refractivity contribution in [3.05, 3.63) is 113 Å². The van der Waals surface area contributed by atoms with Crippen LogP contribution in [0.4, 0.5) is 5.13 Å². The van der Waals surface area contributed by atoms with Crippen LogP contribution in [0, 0.1) is 0 Å². The number of benzene rings is 3. The fourth-order valence-electron chi connectivity index (χ4n) is 4.07. The maximum Gasteiger partial charge on any atom is 0.338 e. The summed E-state index contributed by atoms with van der Waals surface area (Å²) in [7, 11) is 0. The van der Waals surface area contributed by atoms with Gasteiger partial charge in [-0.3, -0.25) is 4.79 Å². The number of fused-ring (bicyclic) bond motifs is 1. The van der Waals surface area contributed by atoms with Gasteiger partial charge < -0.3 is 24.3 Å². The van der Waals surface area contributed by atoms with E-state index in [-0.39, 0.29) is 39.5 Å². The molecular formula is C30H24N2O8S. The van der Waals surface area contributed by atoms with Crippen molar-refractivity contribution < 1.29 is 38.1 Å². The number of thiazole rings is 1. The molecule has 1 aliphatic rings. The monoisotopic (exact) mass is 572 g/mol. The fraction of sp³-hybridized carbons (Fsp3) is 0.167. The van der Waals surface area contributed by atoms with Gasteiger partial charge in [-0.15, -0.1) is 0 Å². The molecule has 1 aromatic heterocycles. The zero-order chi connectivity index (χ0) is 28.8. The first-order chi connectivity index (χ1) is 19.9. The molecule has 5 rings (SSSR count). The molecule has 0 fully saturated rings. The number of esters is 3. The zero-order valence-electron chi connectivity index (χ0n) is 21.7. The van der Waals surface area contributed by atoms with Crippen molar-refractivity contribution >= 4 is 40.3 Å². The van der Waals surface area contributed by atoms with E-state index in [9.17, 15) is 19.2 Å². The molecule has 11 heteroatoms. The summed E-state index contributed by atoms with van der Waals surface area (Å²) in [4.78, 5) is 55.2. The third-order valence-electron chi connectivity index (χ3n) is 5.98. The molecule has 0 radical (unpaired) electrons. The number of hydrogen-bond acceptors (Lipinski definition) is 10. The van der Waals surface area contributed by atoms with E-state index in [4.69, 9.17) is 18.9 Å². The van der Waals surface area contributed by atoms with Crippen LogP contribution >= 0.6 is 11.3 Å². The molecule has 0 aliphatic carbocycles. The lowest BCUT2D eigenvalue weighted by Gasteiger charge is -2.35. The highest BCUT2D eigenvalue weighted by Gasteiger charge is 2.47. The van der Waals surface area contributed by atoms with Crippen molar-refractivity contribution in [2.45, 2.75) is 25.2 Å². The summed E-state index contributed by atoms with van der Waals surface area (Å²) in [5, 5.41) is 3.00. The Balaban J connectivity index is 1.50. The van der Waals surface area contributed by atoms with Gasteiger partial charge >= 0.3 is 17.9 Å². The van der Waals surface area contributed by atoms with Crippen molar-refractivity contribution in [2.24, 2.45) is 0 Å². The van der Waals surface area contributed by atoms with Crippen LogP contribution in [-0.4, -0.2) is 47.6 Å². The SMILES string of the molecule is CC(=O)Nc1nc2c(s1)O[C@H](COC(=O)c1ccccc1)[C@@H](OC(=O)c1ccccc1)[C@@H]2OC(=O)c1ccccc1. The Hall–Kier alpha value is -5.03. The highest BCUT2D eigenvalue weighted by Crippen LogP contribution is 2.44. The Kier molecular flexibility index (Phi) is 8.35. The molecule has 208 valence electrons. The number of nitrogens with one attached hydrogen (secondary N) is 1. The first-order valence-corrected chi connectivity index (χ1v) is 13.4. The molecule has 0 saturated heterocycles. The second kappa shape index (κ2) is 12.4. The average molecular weight is 573 g/mol. The van der Waals surface area contributed by atoms with Gasteiger partial charge in [0.25, 0.3) is 0 Å². The van der Waals surface area contributed by atoms with Crippen LogP contribution in [0.2, 0.25) is 0 Å². The summed E-state index contributed by atoms with van der Waals surface area (Å²) in [6, 6.07) is 24.9. The van der Waals surface area contributed by atoms with Crippen LogP contribution in [0.15, 0.2) is 91.0 Å². The maximum absolute atomic E-state index is 13.2. The van der Waals surface area contributed by atoms with Crippen molar-refractivity contribution in [3.63, 3.8) is 0 Å². The molecule has 10 nitrogen and oxygen atoms in total. The number of rotatable bonds is 8. The Bertz CT molecular complexity index is 1540. The largest absolute Gasteiger partial charge is 0.471 e.